The zero-order chi connectivity index (χ0) is 18.7. The number of aryl methyl sites for hydroxylation is 2. The second-order valence-electron chi connectivity index (χ2n) is 5.60. The van der Waals surface area contributed by atoms with Gasteiger partial charge in [0.1, 0.15) is 17.2 Å². The van der Waals surface area contributed by atoms with Crippen LogP contribution in [0.3, 0.4) is 0 Å². The van der Waals surface area contributed by atoms with Crippen LogP contribution in [0.25, 0.3) is 0 Å². The van der Waals surface area contributed by atoms with Crippen LogP contribution in [-0.4, -0.2) is 25.7 Å². The Hall–Kier alpha value is -3.49. The topological polar surface area (TPSA) is 111 Å². The van der Waals surface area contributed by atoms with Crippen molar-refractivity contribution >= 4 is 29.0 Å². The number of primary amides is 1. The van der Waals surface area contributed by atoms with Crippen molar-refractivity contribution in [2.45, 2.75) is 13.3 Å². The molecule has 0 atom stereocenters. The van der Waals surface area contributed by atoms with Crippen molar-refractivity contribution in [2.24, 2.45) is 12.8 Å². The van der Waals surface area contributed by atoms with E-state index in [-0.39, 0.29) is 23.0 Å². The van der Waals surface area contributed by atoms with Gasteiger partial charge in [-0.3, -0.25) is 9.48 Å². The molecule has 0 radical (unpaired) electrons. The summed E-state index contributed by atoms with van der Waals surface area (Å²) in [4.78, 5) is 20.0. The van der Waals surface area contributed by atoms with Gasteiger partial charge in [-0.1, -0.05) is 19.1 Å². The molecule has 0 unspecified atom stereocenters. The average Bonchev–Trinajstić information content (AvgIpc) is 3.01. The molecule has 0 fully saturated rings. The molecule has 3 aromatic rings. The minimum Gasteiger partial charge on any atom is -0.365 e. The normalized spacial score (nSPS) is 10.6. The number of benzene rings is 1. The summed E-state index contributed by atoms with van der Waals surface area (Å²) in [5.74, 6) is -0.812. The minimum atomic E-state index is -0.713. The highest BCUT2D eigenvalue weighted by Gasteiger charge is 2.16. The van der Waals surface area contributed by atoms with E-state index in [1.54, 1.807) is 36.3 Å². The van der Waals surface area contributed by atoms with E-state index in [0.29, 0.717) is 12.1 Å². The maximum atomic E-state index is 14.3. The van der Waals surface area contributed by atoms with Crippen LogP contribution in [0, 0.1) is 5.82 Å². The number of nitrogens with zero attached hydrogens (tertiary/aromatic N) is 4. The lowest BCUT2D eigenvalue weighted by Gasteiger charge is -2.14. The molecule has 1 amide bonds. The summed E-state index contributed by atoms with van der Waals surface area (Å²) >= 11 is 0. The first-order chi connectivity index (χ1) is 12.5. The number of nitrogens with one attached hydrogen (secondary N) is 2. The Morgan fingerprint density at radius 2 is 2.12 bits per heavy atom. The molecule has 0 aliphatic rings. The second kappa shape index (κ2) is 7.18. The molecule has 134 valence electrons. The third kappa shape index (κ3) is 3.61. The molecule has 0 spiro atoms. The van der Waals surface area contributed by atoms with Crippen LogP contribution in [0.2, 0.25) is 0 Å². The van der Waals surface area contributed by atoms with Gasteiger partial charge in [-0.15, -0.1) is 0 Å². The lowest BCUT2D eigenvalue weighted by molar-refractivity contribution is 0.100. The fraction of sp³-hybridized carbons (Fsp3) is 0.176. The largest absolute Gasteiger partial charge is 0.365 e. The van der Waals surface area contributed by atoms with Crippen LogP contribution >= 0.6 is 0 Å². The summed E-state index contributed by atoms with van der Waals surface area (Å²) < 4.78 is 15.9. The van der Waals surface area contributed by atoms with Gasteiger partial charge in [-0.25, -0.2) is 9.37 Å². The third-order valence-corrected chi connectivity index (χ3v) is 3.74. The van der Waals surface area contributed by atoms with E-state index in [1.807, 2.05) is 6.92 Å². The van der Waals surface area contributed by atoms with Crippen LogP contribution in [0.1, 0.15) is 22.8 Å². The monoisotopic (exact) mass is 355 g/mol. The molecule has 2 aromatic heterocycles. The maximum Gasteiger partial charge on any atom is 0.254 e. The first kappa shape index (κ1) is 17.3. The van der Waals surface area contributed by atoms with Crippen molar-refractivity contribution in [1.29, 1.82) is 0 Å². The van der Waals surface area contributed by atoms with Crippen molar-refractivity contribution in [1.82, 2.24) is 19.7 Å². The number of halogens is 1. The van der Waals surface area contributed by atoms with Gasteiger partial charge in [-0.05, 0) is 18.1 Å². The Kier molecular flexibility index (Phi) is 4.78. The molecular formula is C17H18FN7O. The lowest BCUT2D eigenvalue weighted by Crippen LogP contribution is -2.16. The van der Waals surface area contributed by atoms with Crippen molar-refractivity contribution in [2.75, 3.05) is 10.6 Å². The van der Waals surface area contributed by atoms with Crippen molar-refractivity contribution in [3.63, 3.8) is 0 Å². The van der Waals surface area contributed by atoms with Gasteiger partial charge in [0.05, 0.1) is 17.6 Å². The van der Waals surface area contributed by atoms with Gasteiger partial charge in [0, 0.05) is 19.4 Å². The Bertz CT molecular complexity index is 954. The highest BCUT2D eigenvalue weighted by atomic mass is 19.1. The Balaban J connectivity index is 1.99. The van der Waals surface area contributed by atoms with Crippen LogP contribution < -0.4 is 16.4 Å². The van der Waals surface area contributed by atoms with Crippen molar-refractivity contribution in [3.05, 3.63) is 53.7 Å². The summed E-state index contributed by atoms with van der Waals surface area (Å²) in [6.45, 7) is 1.91. The molecule has 2 heterocycles. The number of hydrogen-bond donors (Lipinski definition) is 3. The number of aromatic nitrogens is 4. The van der Waals surface area contributed by atoms with Crippen molar-refractivity contribution in [3.8, 4) is 0 Å². The highest BCUT2D eigenvalue weighted by Crippen LogP contribution is 2.26. The number of carbonyl (C=O) groups is 1. The Labute approximate surface area is 149 Å². The van der Waals surface area contributed by atoms with Crippen molar-refractivity contribution < 1.29 is 9.18 Å². The van der Waals surface area contributed by atoms with E-state index in [4.69, 9.17) is 5.73 Å². The predicted molar refractivity (Wildman–Crippen MR) is 96.1 cm³/mol. The van der Waals surface area contributed by atoms with Gasteiger partial charge in [0.25, 0.3) is 5.91 Å². The Morgan fingerprint density at radius 3 is 2.77 bits per heavy atom. The zero-order valence-corrected chi connectivity index (χ0v) is 14.3. The molecule has 0 saturated carbocycles. The standard InChI is InChI=1S/C17H18FN7O/c1-3-10-5-4-6-13(18)14(10)23-16-12(15(19)26)8-20-17(24-16)22-11-7-21-25(2)9-11/h4-9H,3H2,1-2H3,(H2,19,26)(H2,20,22,23,24). The molecule has 9 heteroatoms. The molecule has 1 aromatic carbocycles. The zero-order valence-electron chi connectivity index (χ0n) is 14.3. The van der Waals surface area contributed by atoms with Crippen LogP contribution in [0.4, 0.5) is 27.5 Å². The predicted octanol–water partition coefficient (Wildman–Crippen LogP) is 2.50. The fourth-order valence-corrected chi connectivity index (χ4v) is 2.45. The van der Waals surface area contributed by atoms with E-state index in [0.717, 1.165) is 5.56 Å². The summed E-state index contributed by atoms with van der Waals surface area (Å²) in [6, 6.07) is 4.76. The molecular weight excluding hydrogens is 337 g/mol. The van der Waals surface area contributed by atoms with Crippen LogP contribution in [0.5, 0.6) is 0 Å². The molecule has 8 nitrogen and oxygen atoms in total. The van der Waals surface area contributed by atoms with Crippen LogP contribution in [0.15, 0.2) is 36.8 Å². The first-order valence-corrected chi connectivity index (χ1v) is 7.95. The van der Waals surface area contributed by atoms with E-state index in [9.17, 15) is 9.18 Å². The maximum absolute atomic E-state index is 14.3. The molecule has 26 heavy (non-hydrogen) atoms. The number of rotatable bonds is 6. The smallest absolute Gasteiger partial charge is 0.254 e. The molecule has 0 bridgehead atoms. The number of carbonyl (C=O) groups excluding carboxylic acids is 1. The number of hydrogen-bond acceptors (Lipinski definition) is 6. The third-order valence-electron chi connectivity index (χ3n) is 3.74. The summed E-state index contributed by atoms with van der Waals surface area (Å²) in [5, 5.41) is 9.90. The molecule has 0 aliphatic heterocycles. The van der Waals surface area contributed by atoms with Gasteiger partial charge in [-0.2, -0.15) is 10.1 Å². The number of anilines is 4. The van der Waals surface area contributed by atoms with E-state index >= 15 is 0 Å². The number of amides is 1. The quantitative estimate of drug-likeness (QED) is 0.626. The second-order valence-corrected chi connectivity index (χ2v) is 5.60. The van der Waals surface area contributed by atoms with Crippen LogP contribution in [-0.2, 0) is 13.5 Å². The lowest BCUT2D eigenvalue weighted by atomic mass is 10.1. The van der Waals surface area contributed by atoms with E-state index in [1.165, 1.54) is 12.3 Å². The molecule has 3 rings (SSSR count). The molecule has 0 aliphatic carbocycles. The van der Waals surface area contributed by atoms with Gasteiger partial charge >= 0.3 is 0 Å². The van der Waals surface area contributed by atoms with Gasteiger partial charge in [0.2, 0.25) is 5.95 Å². The first-order valence-electron chi connectivity index (χ1n) is 7.95. The van der Waals surface area contributed by atoms with E-state index < -0.39 is 11.7 Å². The van der Waals surface area contributed by atoms with Gasteiger partial charge < -0.3 is 16.4 Å². The molecule has 4 N–H and O–H groups in total. The number of nitrogens with two attached hydrogens (primary N) is 1. The fourth-order valence-electron chi connectivity index (χ4n) is 2.45. The summed E-state index contributed by atoms with van der Waals surface area (Å²) in [7, 11) is 1.78. The van der Waals surface area contributed by atoms with E-state index in [2.05, 4.69) is 25.7 Å². The SMILES string of the molecule is CCc1cccc(F)c1Nc1nc(Nc2cnn(C)c2)ncc1C(N)=O. The summed E-state index contributed by atoms with van der Waals surface area (Å²) in [6.07, 6.45) is 5.25. The summed E-state index contributed by atoms with van der Waals surface area (Å²) in [5.41, 5.74) is 7.13. The number of para-hydroxylation sites is 1. The molecule has 0 saturated heterocycles. The van der Waals surface area contributed by atoms with Gasteiger partial charge in [0.15, 0.2) is 0 Å². The Morgan fingerprint density at radius 1 is 1.31 bits per heavy atom. The minimum absolute atomic E-state index is 0.0621. The highest BCUT2D eigenvalue weighted by molar-refractivity contribution is 5.98. The average molecular weight is 355 g/mol.